The SMILES string of the molecule is COc1cccc(OC)c1C(=O)NC1CC(O)C1. The van der Waals surface area contributed by atoms with E-state index in [0.29, 0.717) is 29.9 Å². The van der Waals surface area contributed by atoms with Gasteiger partial charge in [-0.25, -0.2) is 0 Å². The van der Waals surface area contributed by atoms with Gasteiger partial charge < -0.3 is 19.9 Å². The summed E-state index contributed by atoms with van der Waals surface area (Å²) in [5.41, 5.74) is 0.392. The summed E-state index contributed by atoms with van der Waals surface area (Å²) in [6.45, 7) is 0. The van der Waals surface area contributed by atoms with Crippen molar-refractivity contribution >= 4 is 5.91 Å². The molecule has 5 heteroatoms. The molecule has 0 aliphatic heterocycles. The first-order chi connectivity index (χ1) is 8.65. The monoisotopic (exact) mass is 251 g/mol. The lowest BCUT2D eigenvalue weighted by molar-refractivity contribution is 0.0560. The number of aliphatic hydroxyl groups is 1. The molecule has 1 amide bonds. The third kappa shape index (κ3) is 2.41. The van der Waals surface area contributed by atoms with Gasteiger partial charge in [-0.05, 0) is 25.0 Å². The summed E-state index contributed by atoms with van der Waals surface area (Å²) in [4.78, 5) is 12.2. The molecular formula is C13H17NO4. The first kappa shape index (κ1) is 12.7. The van der Waals surface area contributed by atoms with Crippen LogP contribution in [-0.4, -0.2) is 37.4 Å². The maximum absolute atomic E-state index is 12.2. The van der Waals surface area contributed by atoms with Crippen LogP contribution in [0.1, 0.15) is 23.2 Å². The number of aliphatic hydroxyl groups excluding tert-OH is 1. The van der Waals surface area contributed by atoms with Gasteiger partial charge in [0.2, 0.25) is 0 Å². The van der Waals surface area contributed by atoms with Gasteiger partial charge in [-0.1, -0.05) is 6.07 Å². The topological polar surface area (TPSA) is 67.8 Å². The van der Waals surface area contributed by atoms with Crippen molar-refractivity contribution in [2.75, 3.05) is 14.2 Å². The molecule has 0 aromatic heterocycles. The summed E-state index contributed by atoms with van der Waals surface area (Å²) in [7, 11) is 3.03. The second-order valence-electron chi connectivity index (χ2n) is 4.33. The number of nitrogens with one attached hydrogen (secondary N) is 1. The minimum Gasteiger partial charge on any atom is -0.496 e. The largest absolute Gasteiger partial charge is 0.496 e. The minimum absolute atomic E-state index is 0.0297. The van der Waals surface area contributed by atoms with Crippen molar-refractivity contribution in [2.45, 2.75) is 25.0 Å². The minimum atomic E-state index is -0.296. The molecule has 1 aliphatic rings. The Hall–Kier alpha value is -1.75. The molecule has 5 nitrogen and oxygen atoms in total. The second kappa shape index (κ2) is 5.27. The highest BCUT2D eigenvalue weighted by atomic mass is 16.5. The van der Waals surface area contributed by atoms with E-state index < -0.39 is 0 Å². The lowest BCUT2D eigenvalue weighted by atomic mass is 9.89. The van der Waals surface area contributed by atoms with E-state index in [1.807, 2.05) is 0 Å². The van der Waals surface area contributed by atoms with Gasteiger partial charge in [0, 0.05) is 6.04 Å². The van der Waals surface area contributed by atoms with Gasteiger partial charge in [-0.3, -0.25) is 4.79 Å². The van der Waals surface area contributed by atoms with Crippen molar-refractivity contribution in [3.63, 3.8) is 0 Å². The Balaban J connectivity index is 2.17. The van der Waals surface area contributed by atoms with Gasteiger partial charge >= 0.3 is 0 Å². The smallest absolute Gasteiger partial charge is 0.259 e. The molecule has 98 valence electrons. The van der Waals surface area contributed by atoms with Crippen molar-refractivity contribution < 1.29 is 19.4 Å². The van der Waals surface area contributed by atoms with E-state index in [4.69, 9.17) is 9.47 Å². The van der Waals surface area contributed by atoms with Crippen LogP contribution in [0.3, 0.4) is 0 Å². The maximum atomic E-state index is 12.2. The molecule has 0 atom stereocenters. The zero-order chi connectivity index (χ0) is 13.1. The molecule has 0 spiro atoms. The number of hydrogen-bond acceptors (Lipinski definition) is 4. The summed E-state index contributed by atoms with van der Waals surface area (Å²) in [5.74, 6) is 0.722. The molecule has 2 N–H and O–H groups in total. The number of methoxy groups -OCH3 is 2. The van der Waals surface area contributed by atoms with Gasteiger partial charge in [0.25, 0.3) is 5.91 Å². The standard InChI is InChI=1S/C13H17NO4/c1-17-10-4-3-5-11(18-2)12(10)13(16)14-8-6-9(15)7-8/h3-5,8-9,15H,6-7H2,1-2H3,(H,14,16). The molecule has 2 rings (SSSR count). The molecule has 0 heterocycles. The fourth-order valence-electron chi connectivity index (χ4n) is 2.04. The number of benzene rings is 1. The zero-order valence-corrected chi connectivity index (χ0v) is 10.5. The van der Waals surface area contributed by atoms with Crippen LogP contribution in [0.15, 0.2) is 18.2 Å². The van der Waals surface area contributed by atoms with Gasteiger partial charge in [-0.2, -0.15) is 0 Å². The Kier molecular flexibility index (Phi) is 3.72. The molecular weight excluding hydrogens is 234 g/mol. The summed E-state index contributed by atoms with van der Waals surface area (Å²) < 4.78 is 10.3. The summed E-state index contributed by atoms with van der Waals surface area (Å²) in [6, 6.07) is 5.23. The highest BCUT2D eigenvalue weighted by molar-refractivity contribution is 5.99. The van der Waals surface area contributed by atoms with E-state index in [-0.39, 0.29) is 18.1 Å². The molecule has 0 unspecified atom stereocenters. The summed E-state index contributed by atoms with van der Waals surface area (Å²) in [6.07, 6.45) is 0.904. The van der Waals surface area contributed by atoms with Crippen molar-refractivity contribution in [1.82, 2.24) is 5.32 Å². The Bertz CT molecular complexity index is 418. The van der Waals surface area contributed by atoms with Crippen LogP contribution < -0.4 is 14.8 Å². The highest BCUT2D eigenvalue weighted by Crippen LogP contribution is 2.29. The van der Waals surface area contributed by atoms with Gasteiger partial charge in [-0.15, -0.1) is 0 Å². The first-order valence-corrected chi connectivity index (χ1v) is 5.85. The molecule has 1 saturated carbocycles. The molecule has 0 bridgehead atoms. The fraction of sp³-hybridized carbons (Fsp3) is 0.462. The Morgan fingerprint density at radius 1 is 1.28 bits per heavy atom. The number of hydrogen-bond donors (Lipinski definition) is 2. The second-order valence-corrected chi connectivity index (χ2v) is 4.33. The third-order valence-electron chi connectivity index (χ3n) is 3.10. The van der Waals surface area contributed by atoms with Crippen molar-refractivity contribution in [1.29, 1.82) is 0 Å². The number of carbonyl (C=O) groups is 1. The van der Waals surface area contributed by atoms with Crippen LogP contribution in [0.4, 0.5) is 0 Å². The Labute approximate surface area is 106 Å². The van der Waals surface area contributed by atoms with Crippen molar-refractivity contribution in [3.8, 4) is 11.5 Å². The van der Waals surface area contributed by atoms with Crippen molar-refractivity contribution in [3.05, 3.63) is 23.8 Å². The Morgan fingerprint density at radius 2 is 1.83 bits per heavy atom. The Morgan fingerprint density at radius 3 is 2.28 bits per heavy atom. The third-order valence-corrected chi connectivity index (χ3v) is 3.10. The van der Waals surface area contributed by atoms with Crippen LogP contribution >= 0.6 is 0 Å². The summed E-state index contributed by atoms with van der Waals surface area (Å²) >= 11 is 0. The quantitative estimate of drug-likeness (QED) is 0.836. The predicted octanol–water partition coefficient (Wildman–Crippen LogP) is 0.957. The molecule has 1 aromatic rings. The summed E-state index contributed by atoms with van der Waals surface area (Å²) in [5, 5.41) is 12.1. The van der Waals surface area contributed by atoms with E-state index in [2.05, 4.69) is 5.32 Å². The normalized spacial score (nSPS) is 21.9. The van der Waals surface area contributed by atoms with Gasteiger partial charge in [0.15, 0.2) is 0 Å². The van der Waals surface area contributed by atoms with Crippen LogP contribution in [0.2, 0.25) is 0 Å². The number of amides is 1. The van der Waals surface area contributed by atoms with E-state index in [0.717, 1.165) is 0 Å². The van der Waals surface area contributed by atoms with Gasteiger partial charge in [0.1, 0.15) is 17.1 Å². The molecule has 1 aliphatic carbocycles. The van der Waals surface area contributed by atoms with E-state index in [1.54, 1.807) is 18.2 Å². The zero-order valence-electron chi connectivity index (χ0n) is 10.5. The van der Waals surface area contributed by atoms with E-state index in [1.165, 1.54) is 14.2 Å². The highest BCUT2D eigenvalue weighted by Gasteiger charge is 2.30. The molecule has 18 heavy (non-hydrogen) atoms. The first-order valence-electron chi connectivity index (χ1n) is 5.85. The number of rotatable bonds is 4. The number of ether oxygens (including phenoxy) is 2. The molecule has 0 radical (unpaired) electrons. The van der Waals surface area contributed by atoms with E-state index in [9.17, 15) is 9.90 Å². The molecule has 1 fully saturated rings. The molecule has 0 saturated heterocycles. The van der Waals surface area contributed by atoms with E-state index >= 15 is 0 Å². The average molecular weight is 251 g/mol. The van der Waals surface area contributed by atoms with Crippen LogP contribution in [-0.2, 0) is 0 Å². The van der Waals surface area contributed by atoms with Crippen LogP contribution in [0.25, 0.3) is 0 Å². The maximum Gasteiger partial charge on any atom is 0.259 e. The lowest BCUT2D eigenvalue weighted by Gasteiger charge is -2.32. The van der Waals surface area contributed by atoms with Crippen LogP contribution in [0.5, 0.6) is 11.5 Å². The predicted molar refractivity (Wildman–Crippen MR) is 66.0 cm³/mol. The number of carbonyl (C=O) groups excluding carboxylic acids is 1. The van der Waals surface area contributed by atoms with Crippen molar-refractivity contribution in [2.24, 2.45) is 0 Å². The van der Waals surface area contributed by atoms with Gasteiger partial charge in [0.05, 0.1) is 20.3 Å². The fourth-order valence-corrected chi connectivity index (χ4v) is 2.04. The average Bonchev–Trinajstić information content (AvgIpc) is 2.35. The molecule has 1 aromatic carbocycles. The van der Waals surface area contributed by atoms with Crippen LogP contribution in [0, 0.1) is 0 Å². The lowest BCUT2D eigenvalue weighted by Crippen LogP contribution is -2.46.